The topological polar surface area (TPSA) is 82.9 Å². The summed E-state index contributed by atoms with van der Waals surface area (Å²) >= 11 is 5.38. The van der Waals surface area contributed by atoms with E-state index in [0.29, 0.717) is 16.6 Å². The first-order chi connectivity index (χ1) is 13.3. The molecule has 1 saturated heterocycles. The van der Waals surface area contributed by atoms with Crippen LogP contribution in [0.3, 0.4) is 0 Å². The molecule has 2 aromatic rings. The fourth-order valence-electron chi connectivity index (χ4n) is 3.08. The summed E-state index contributed by atoms with van der Waals surface area (Å²) in [6.45, 7) is 3.91. The van der Waals surface area contributed by atoms with Gasteiger partial charge in [0.1, 0.15) is 0 Å². The monoisotopic (exact) mass is 421 g/mol. The molecule has 0 spiro atoms. The first kappa shape index (κ1) is 20.5. The lowest BCUT2D eigenvalue weighted by Gasteiger charge is -2.24. The Kier molecular flexibility index (Phi) is 6.48. The lowest BCUT2D eigenvalue weighted by Crippen LogP contribution is -2.44. The number of amides is 1. The zero-order chi connectivity index (χ0) is 20.1. The number of rotatable bonds is 4. The molecular weight excluding hydrogens is 398 g/mol. The fourth-order valence-corrected chi connectivity index (χ4v) is 3.98. The Balaban J connectivity index is 1.53. The highest BCUT2D eigenvalue weighted by Crippen LogP contribution is 2.14. The van der Waals surface area contributed by atoms with E-state index < -0.39 is 9.84 Å². The van der Waals surface area contributed by atoms with Crippen LogP contribution in [-0.4, -0.2) is 61.7 Å². The van der Waals surface area contributed by atoms with E-state index in [1.54, 1.807) is 24.3 Å². The average molecular weight is 422 g/mol. The molecule has 0 bridgehead atoms. The number of nitrogens with zero attached hydrogens (tertiary/aromatic N) is 2. The van der Waals surface area contributed by atoms with Crippen molar-refractivity contribution in [3.8, 4) is 0 Å². The summed E-state index contributed by atoms with van der Waals surface area (Å²) in [4.78, 5) is 16.7. The fraction of sp³-hybridized carbons (Fsp3) is 0.368. The molecule has 1 amide bonds. The third kappa shape index (κ3) is 5.40. The molecule has 0 saturated carbocycles. The molecule has 0 aliphatic carbocycles. The van der Waals surface area contributed by atoms with Crippen molar-refractivity contribution in [2.45, 2.75) is 17.9 Å². The zero-order valence-electron chi connectivity index (χ0n) is 15.6. The first-order valence-electron chi connectivity index (χ1n) is 8.98. The third-order valence-corrected chi connectivity index (χ3v) is 6.09. The summed E-state index contributed by atoms with van der Waals surface area (Å²) in [5.41, 5.74) is 1.06. The first-order valence-corrected chi connectivity index (χ1v) is 11.3. The Bertz CT molecular complexity index is 925. The van der Waals surface area contributed by atoms with Crippen molar-refractivity contribution in [3.05, 3.63) is 54.0 Å². The van der Waals surface area contributed by atoms with Gasteiger partial charge in [-0.1, -0.05) is 12.1 Å². The third-order valence-electron chi connectivity index (χ3n) is 4.60. The average Bonchev–Trinajstić information content (AvgIpc) is 3.09. The molecule has 9 heteroatoms. The van der Waals surface area contributed by atoms with Crippen molar-refractivity contribution in [3.63, 3.8) is 0 Å². The molecule has 2 heterocycles. The summed E-state index contributed by atoms with van der Waals surface area (Å²) in [7, 11) is -3.18. The van der Waals surface area contributed by atoms with Gasteiger partial charge < -0.3 is 9.32 Å². The molecule has 1 N–H and O–H groups in total. The standard InChI is InChI=1S/C19H23N3O4S2/c1-28(24,25)16-7-5-15(6-8-16)14-21-9-3-10-22(12-11-21)19(27)20-18(23)17-4-2-13-26-17/h2,4-8,13H,3,9-12,14H2,1H3,(H,20,23,27). The molecule has 1 aromatic carbocycles. The zero-order valence-corrected chi connectivity index (χ0v) is 17.3. The van der Waals surface area contributed by atoms with Crippen molar-refractivity contribution in [2.24, 2.45) is 0 Å². The van der Waals surface area contributed by atoms with Crippen molar-refractivity contribution in [1.29, 1.82) is 0 Å². The Morgan fingerprint density at radius 3 is 2.54 bits per heavy atom. The van der Waals surface area contributed by atoms with E-state index in [-0.39, 0.29) is 11.7 Å². The molecule has 0 radical (unpaired) electrons. The number of furan rings is 1. The second kappa shape index (κ2) is 8.85. The van der Waals surface area contributed by atoms with Crippen molar-refractivity contribution in [1.82, 2.24) is 15.1 Å². The Morgan fingerprint density at radius 1 is 1.14 bits per heavy atom. The number of sulfone groups is 1. The molecule has 1 aliphatic rings. The lowest BCUT2D eigenvalue weighted by atomic mass is 10.2. The van der Waals surface area contributed by atoms with E-state index in [4.69, 9.17) is 16.6 Å². The predicted molar refractivity (Wildman–Crippen MR) is 110 cm³/mol. The minimum atomic E-state index is -3.18. The molecule has 1 fully saturated rings. The number of carbonyl (C=O) groups is 1. The number of benzene rings is 1. The van der Waals surface area contributed by atoms with Crippen molar-refractivity contribution < 1.29 is 17.6 Å². The van der Waals surface area contributed by atoms with Crippen LogP contribution in [0.4, 0.5) is 0 Å². The Labute approximate surface area is 170 Å². The maximum Gasteiger partial charge on any atom is 0.293 e. The summed E-state index contributed by atoms with van der Waals surface area (Å²) in [5, 5.41) is 3.12. The SMILES string of the molecule is CS(=O)(=O)c1ccc(CN2CCCN(C(=S)NC(=O)c3ccco3)CC2)cc1. The van der Waals surface area contributed by atoms with Gasteiger partial charge in [-0.3, -0.25) is 15.0 Å². The molecule has 28 heavy (non-hydrogen) atoms. The molecule has 3 rings (SSSR count). The smallest absolute Gasteiger partial charge is 0.293 e. The van der Waals surface area contributed by atoms with Crippen LogP contribution < -0.4 is 5.32 Å². The molecule has 1 aliphatic heterocycles. The number of hydrogen-bond acceptors (Lipinski definition) is 6. The van der Waals surface area contributed by atoms with Gasteiger partial charge in [-0.25, -0.2) is 8.42 Å². The Morgan fingerprint density at radius 2 is 1.89 bits per heavy atom. The van der Waals surface area contributed by atoms with Crippen LogP contribution in [0.1, 0.15) is 22.5 Å². The van der Waals surface area contributed by atoms with Crippen LogP contribution in [0.2, 0.25) is 0 Å². The molecule has 1 aromatic heterocycles. The normalized spacial score (nSPS) is 15.8. The highest BCUT2D eigenvalue weighted by molar-refractivity contribution is 7.90. The Hall–Kier alpha value is -2.23. The van der Waals surface area contributed by atoms with Gasteiger partial charge in [0.15, 0.2) is 20.7 Å². The number of nitrogens with one attached hydrogen (secondary N) is 1. The lowest BCUT2D eigenvalue weighted by molar-refractivity contribution is 0.0946. The summed E-state index contributed by atoms with van der Waals surface area (Å²) in [6.07, 6.45) is 3.57. The second-order valence-corrected chi connectivity index (χ2v) is 9.17. The minimum Gasteiger partial charge on any atom is -0.459 e. The van der Waals surface area contributed by atoms with Gasteiger partial charge in [0.25, 0.3) is 5.91 Å². The summed E-state index contributed by atoms with van der Waals surface area (Å²) in [5.74, 6) is -0.113. The van der Waals surface area contributed by atoms with E-state index in [1.807, 2.05) is 17.0 Å². The van der Waals surface area contributed by atoms with Gasteiger partial charge >= 0.3 is 0 Å². The van der Waals surface area contributed by atoms with Gasteiger partial charge in [-0.15, -0.1) is 0 Å². The van der Waals surface area contributed by atoms with E-state index in [1.165, 1.54) is 12.5 Å². The molecule has 0 unspecified atom stereocenters. The maximum atomic E-state index is 12.1. The van der Waals surface area contributed by atoms with Crippen molar-refractivity contribution >= 4 is 33.1 Å². The van der Waals surface area contributed by atoms with Gasteiger partial charge in [-0.05, 0) is 48.5 Å². The van der Waals surface area contributed by atoms with E-state index >= 15 is 0 Å². The van der Waals surface area contributed by atoms with Crippen LogP contribution in [0.15, 0.2) is 52.0 Å². The van der Waals surface area contributed by atoms with Gasteiger partial charge in [0.05, 0.1) is 11.2 Å². The molecular formula is C19H23N3O4S2. The van der Waals surface area contributed by atoms with E-state index in [2.05, 4.69) is 10.2 Å². The minimum absolute atomic E-state index is 0.233. The highest BCUT2D eigenvalue weighted by Gasteiger charge is 2.19. The maximum absolute atomic E-state index is 12.1. The van der Waals surface area contributed by atoms with Crippen LogP contribution in [0.25, 0.3) is 0 Å². The van der Waals surface area contributed by atoms with Crippen LogP contribution >= 0.6 is 12.2 Å². The van der Waals surface area contributed by atoms with Crippen LogP contribution in [0.5, 0.6) is 0 Å². The second-order valence-electron chi connectivity index (χ2n) is 6.77. The van der Waals surface area contributed by atoms with Crippen molar-refractivity contribution in [2.75, 3.05) is 32.4 Å². The van der Waals surface area contributed by atoms with E-state index in [0.717, 1.165) is 38.2 Å². The number of thiocarbonyl (C=S) groups is 1. The van der Waals surface area contributed by atoms with Gasteiger partial charge in [0, 0.05) is 39.0 Å². The van der Waals surface area contributed by atoms with Gasteiger partial charge in [-0.2, -0.15) is 0 Å². The quantitative estimate of drug-likeness (QED) is 0.755. The predicted octanol–water partition coefficient (Wildman–Crippen LogP) is 1.91. The van der Waals surface area contributed by atoms with Crippen LogP contribution in [-0.2, 0) is 16.4 Å². The van der Waals surface area contributed by atoms with Crippen LogP contribution in [0, 0.1) is 0 Å². The summed E-state index contributed by atoms with van der Waals surface area (Å²) in [6, 6.07) is 10.3. The molecule has 150 valence electrons. The molecule has 0 atom stereocenters. The number of carbonyl (C=O) groups excluding carboxylic acids is 1. The van der Waals surface area contributed by atoms with E-state index in [9.17, 15) is 13.2 Å². The van der Waals surface area contributed by atoms with Gasteiger partial charge in [0.2, 0.25) is 0 Å². The number of hydrogen-bond donors (Lipinski definition) is 1. The largest absolute Gasteiger partial charge is 0.459 e. The highest BCUT2D eigenvalue weighted by atomic mass is 32.2. The molecule has 7 nitrogen and oxygen atoms in total. The summed E-state index contributed by atoms with van der Waals surface area (Å²) < 4.78 is 28.2.